The Kier molecular flexibility index (Phi) is 4.34. The lowest BCUT2D eigenvalue weighted by atomic mass is 10.1. The molecule has 1 aromatic carbocycles. The maximum absolute atomic E-state index is 4.57. The number of benzene rings is 1. The molecule has 0 unspecified atom stereocenters. The van der Waals surface area contributed by atoms with E-state index in [4.69, 9.17) is 0 Å². The normalized spacial score (nSPS) is 10.3. The van der Waals surface area contributed by atoms with Crippen LogP contribution in [0.1, 0.15) is 13.3 Å². The lowest BCUT2D eigenvalue weighted by Crippen LogP contribution is -2.08. The molecule has 2 aromatic rings. The molecule has 1 heterocycles. The van der Waals surface area contributed by atoms with E-state index in [2.05, 4.69) is 51.4 Å². The molecule has 0 radical (unpaired) electrons. The summed E-state index contributed by atoms with van der Waals surface area (Å²) in [6.07, 6.45) is 4.62. The molecule has 0 saturated heterocycles. The predicted octanol–water partition coefficient (Wildman–Crippen LogP) is 3.03. The fourth-order valence-corrected chi connectivity index (χ4v) is 1.77. The number of rotatable bonds is 5. The van der Waals surface area contributed by atoms with Crippen LogP contribution in [0.2, 0.25) is 0 Å². The van der Waals surface area contributed by atoms with Gasteiger partial charge < -0.3 is 10.2 Å². The Bertz CT molecular complexity index is 520. The van der Waals surface area contributed by atoms with Crippen molar-refractivity contribution in [1.82, 2.24) is 9.97 Å². The Morgan fingerprint density at radius 3 is 2.47 bits per heavy atom. The molecule has 0 aliphatic heterocycles. The number of anilines is 2. The maximum atomic E-state index is 4.57. The highest BCUT2D eigenvalue weighted by molar-refractivity contribution is 5.63. The van der Waals surface area contributed by atoms with E-state index in [1.165, 1.54) is 5.69 Å². The van der Waals surface area contributed by atoms with Crippen molar-refractivity contribution in [2.24, 2.45) is 0 Å². The summed E-state index contributed by atoms with van der Waals surface area (Å²) in [5.41, 5.74) is 3.15. The topological polar surface area (TPSA) is 41.1 Å². The molecule has 0 aliphatic rings. The molecule has 4 heteroatoms. The van der Waals surface area contributed by atoms with Gasteiger partial charge in [0.2, 0.25) is 0 Å². The minimum Gasteiger partial charge on any atom is -0.378 e. The number of nitrogens with zero attached hydrogens (tertiary/aromatic N) is 3. The van der Waals surface area contributed by atoms with Crippen LogP contribution in [0.15, 0.2) is 36.7 Å². The second-order valence-electron chi connectivity index (χ2n) is 4.66. The molecule has 0 spiro atoms. The summed E-state index contributed by atoms with van der Waals surface area (Å²) in [7, 11) is 4.06. The number of hydrogen-bond donors (Lipinski definition) is 1. The Balaban J connectivity index is 2.21. The average molecular weight is 256 g/mol. The second-order valence-corrected chi connectivity index (χ2v) is 4.66. The SMILES string of the molecule is CCCNc1cncc(-c2ccc(N(C)C)cc2)n1. The quantitative estimate of drug-likeness (QED) is 0.892. The van der Waals surface area contributed by atoms with E-state index in [0.29, 0.717) is 0 Å². The summed E-state index contributed by atoms with van der Waals surface area (Å²) in [4.78, 5) is 10.9. The number of hydrogen-bond acceptors (Lipinski definition) is 4. The third kappa shape index (κ3) is 3.44. The maximum Gasteiger partial charge on any atom is 0.145 e. The van der Waals surface area contributed by atoms with Crippen LogP contribution in [-0.4, -0.2) is 30.6 Å². The molecule has 2 rings (SSSR count). The van der Waals surface area contributed by atoms with Gasteiger partial charge in [-0.15, -0.1) is 0 Å². The molecule has 0 atom stereocenters. The van der Waals surface area contributed by atoms with Crippen LogP contribution < -0.4 is 10.2 Å². The summed E-state index contributed by atoms with van der Waals surface area (Å²) < 4.78 is 0. The Hall–Kier alpha value is -2.10. The Morgan fingerprint density at radius 2 is 1.84 bits per heavy atom. The highest BCUT2D eigenvalue weighted by atomic mass is 15.1. The van der Waals surface area contributed by atoms with Crippen molar-refractivity contribution in [2.45, 2.75) is 13.3 Å². The zero-order valence-corrected chi connectivity index (χ0v) is 11.7. The lowest BCUT2D eigenvalue weighted by Gasteiger charge is -2.12. The van der Waals surface area contributed by atoms with Gasteiger partial charge in [0.25, 0.3) is 0 Å². The van der Waals surface area contributed by atoms with Crippen LogP contribution in [0.5, 0.6) is 0 Å². The summed E-state index contributed by atoms with van der Waals surface area (Å²) >= 11 is 0. The first-order valence-corrected chi connectivity index (χ1v) is 6.54. The van der Waals surface area contributed by atoms with Crippen molar-refractivity contribution in [3.63, 3.8) is 0 Å². The average Bonchev–Trinajstić information content (AvgIpc) is 2.45. The third-order valence-corrected chi connectivity index (χ3v) is 2.87. The predicted molar refractivity (Wildman–Crippen MR) is 80.6 cm³/mol. The highest BCUT2D eigenvalue weighted by Crippen LogP contribution is 2.21. The van der Waals surface area contributed by atoms with Crippen molar-refractivity contribution >= 4 is 11.5 Å². The molecule has 100 valence electrons. The number of nitrogens with one attached hydrogen (secondary N) is 1. The van der Waals surface area contributed by atoms with Crippen LogP contribution in [-0.2, 0) is 0 Å². The molecule has 1 N–H and O–H groups in total. The fourth-order valence-electron chi connectivity index (χ4n) is 1.77. The van der Waals surface area contributed by atoms with Crippen LogP contribution >= 0.6 is 0 Å². The molecule has 19 heavy (non-hydrogen) atoms. The van der Waals surface area contributed by atoms with Gasteiger partial charge in [0.1, 0.15) is 5.82 Å². The largest absolute Gasteiger partial charge is 0.378 e. The van der Waals surface area contributed by atoms with E-state index in [1.54, 1.807) is 12.4 Å². The summed E-state index contributed by atoms with van der Waals surface area (Å²) in [5.74, 6) is 0.830. The molecule has 0 saturated carbocycles. The molecule has 0 bridgehead atoms. The Labute approximate surface area is 114 Å². The minimum absolute atomic E-state index is 0.830. The first-order valence-electron chi connectivity index (χ1n) is 6.54. The van der Waals surface area contributed by atoms with Crippen LogP contribution in [0.3, 0.4) is 0 Å². The van der Waals surface area contributed by atoms with Gasteiger partial charge >= 0.3 is 0 Å². The zero-order valence-electron chi connectivity index (χ0n) is 11.7. The zero-order chi connectivity index (χ0) is 13.7. The summed E-state index contributed by atoms with van der Waals surface area (Å²) in [6.45, 7) is 3.04. The monoisotopic (exact) mass is 256 g/mol. The van der Waals surface area contributed by atoms with Gasteiger partial charge in [-0.25, -0.2) is 4.98 Å². The molecule has 0 fully saturated rings. The molecule has 0 amide bonds. The van der Waals surface area contributed by atoms with Crippen LogP contribution in [0.25, 0.3) is 11.3 Å². The van der Waals surface area contributed by atoms with E-state index < -0.39 is 0 Å². The highest BCUT2D eigenvalue weighted by Gasteiger charge is 2.02. The summed E-state index contributed by atoms with van der Waals surface area (Å²) in [6, 6.07) is 8.32. The molecule has 1 aromatic heterocycles. The van der Waals surface area contributed by atoms with Gasteiger partial charge in [-0.05, 0) is 18.6 Å². The smallest absolute Gasteiger partial charge is 0.145 e. The van der Waals surface area contributed by atoms with E-state index in [-0.39, 0.29) is 0 Å². The van der Waals surface area contributed by atoms with E-state index >= 15 is 0 Å². The van der Waals surface area contributed by atoms with Gasteiger partial charge in [-0.1, -0.05) is 19.1 Å². The first kappa shape index (κ1) is 13.3. The lowest BCUT2D eigenvalue weighted by molar-refractivity contribution is 0.965. The summed E-state index contributed by atoms with van der Waals surface area (Å²) in [5, 5.41) is 3.25. The fraction of sp³-hybridized carbons (Fsp3) is 0.333. The molecule has 0 aliphatic carbocycles. The second kappa shape index (κ2) is 6.18. The molecular weight excluding hydrogens is 236 g/mol. The van der Waals surface area contributed by atoms with Crippen LogP contribution in [0, 0.1) is 0 Å². The number of aromatic nitrogens is 2. The minimum atomic E-state index is 0.830. The van der Waals surface area contributed by atoms with Gasteiger partial charge in [0.05, 0.1) is 18.1 Å². The van der Waals surface area contributed by atoms with Crippen molar-refractivity contribution in [2.75, 3.05) is 30.9 Å². The van der Waals surface area contributed by atoms with Gasteiger partial charge in [0, 0.05) is 31.9 Å². The van der Waals surface area contributed by atoms with E-state index in [0.717, 1.165) is 30.0 Å². The van der Waals surface area contributed by atoms with Crippen molar-refractivity contribution in [3.8, 4) is 11.3 Å². The van der Waals surface area contributed by atoms with Crippen molar-refractivity contribution < 1.29 is 0 Å². The molecule has 4 nitrogen and oxygen atoms in total. The molecular formula is C15H20N4. The third-order valence-electron chi connectivity index (χ3n) is 2.87. The Morgan fingerprint density at radius 1 is 1.11 bits per heavy atom. The van der Waals surface area contributed by atoms with Crippen molar-refractivity contribution in [3.05, 3.63) is 36.7 Å². The standard InChI is InChI=1S/C15H20N4/c1-4-9-17-15-11-16-10-14(18-15)12-5-7-13(8-6-12)19(2)3/h5-8,10-11H,4,9H2,1-3H3,(H,17,18). The van der Waals surface area contributed by atoms with Gasteiger partial charge in [-0.3, -0.25) is 4.98 Å². The van der Waals surface area contributed by atoms with E-state index in [1.807, 2.05) is 14.1 Å². The first-order chi connectivity index (χ1) is 9.20. The van der Waals surface area contributed by atoms with Gasteiger partial charge in [-0.2, -0.15) is 0 Å². The van der Waals surface area contributed by atoms with Gasteiger partial charge in [0.15, 0.2) is 0 Å². The van der Waals surface area contributed by atoms with Crippen LogP contribution in [0.4, 0.5) is 11.5 Å². The van der Waals surface area contributed by atoms with Crippen molar-refractivity contribution in [1.29, 1.82) is 0 Å². The van der Waals surface area contributed by atoms with E-state index in [9.17, 15) is 0 Å².